The summed E-state index contributed by atoms with van der Waals surface area (Å²) in [7, 11) is 0. The van der Waals surface area contributed by atoms with Crippen molar-refractivity contribution in [1.29, 1.82) is 0 Å². The Morgan fingerprint density at radius 2 is 2.19 bits per heavy atom. The predicted molar refractivity (Wildman–Crippen MR) is 66.8 cm³/mol. The fraction of sp³-hybridized carbons (Fsp3) is 0.429. The molecule has 1 rings (SSSR count). The van der Waals surface area contributed by atoms with E-state index in [1.165, 1.54) is 5.01 Å². The standard InChI is InChI=1S/C5H7BrN2S.C2HCl3O2/c6-4(7)3-5-8-1-2-9-5;3-2(4,5)1(6)7/h1-2,4H,3,7H2;(H,6,7). The van der Waals surface area contributed by atoms with Crippen LogP contribution < -0.4 is 15.8 Å². The summed E-state index contributed by atoms with van der Waals surface area (Å²) in [6, 6.07) is 0. The summed E-state index contributed by atoms with van der Waals surface area (Å²) >= 11 is 19.2. The molecule has 0 aliphatic heterocycles. The number of carboxylic acids is 1. The van der Waals surface area contributed by atoms with Gasteiger partial charge in [-0.1, -0.05) is 62.1 Å². The van der Waals surface area contributed by atoms with E-state index in [0.717, 1.165) is 6.42 Å². The molecule has 0 spiro atoms. The third-order valence-electron chi connectivity index (χ3n) is 1.13. The molecule has 0 amide bonds. The number of halogens is 4. The van der Waals surface area contributed by atoms with Gasteiger partial charge in [-0.2, -0.15) is 0 Å². The first-order valence-corrected chi connectivity index (χ1v) is 6.78. The number of carbonyl (C=O) groups is 1. The molecule has 1 aromatic rings. The maximum Gasteiger partial charge on any atom is 0.237 e. The number of carboxylic acid groups (broad SMARTS) is 1. The molecule has 9 heteroatoms. The monoisotopic (exact) mass is 368 g/mol. The Kier molecular flexibility index (Phi) is 7.88. The number of nitrogens with two attached hydrogens (primary N) is 1. The number of aromatic nitrogens is 1. The number of thiazole rings is 1. The van der Waals surface area contributed by atoms with E-state index < -0.39 is 9.76 Å². The lowest BCUT2D eigenvalue weighted by molar-refractivity contribution is -0.382. The smallest absolute Gasteiger partial charge is 0.237 e. The number of rotatable bonds is 2. The summed E-state index contributed by atoms with van der Waals surface area (Å²) in [5, 5.41) is 12.7. The molecule has 0 radical (unpaired) electrons. The van der Waals surface area contributed by atoms with Gasteiger partial charge >= 0.3 is 0 Å². The number of nitrogens with one attached hydrogen (secondary N) is 1. The first-order chi connectivity index (χ1) is 7.23. The summed E-state index contributed by atoms with van der Waals surface area (Å²) in [4.78, 5) is 12.7. The van der Waals surface area contributed by atoms with Gasteiger partial charge in [0.1, 0.15) is 0 Å². The van der Waals surface area contributed by atoms with Crippen LogP contribution in [0.15, 0.2) is 11.6 Å². The van der Waals surface area contributed by atoms with Crippen LogP contribution in [0.4, 0.5) is 0 Å². The Labute approximate surface area is 120 Å². The average molecular weight is 370 g/mol. The van der Waals surface area contributed by atoms with Gasteiger partial charge in [-0.05, 0) is 0 Å². The van der Waals surface area contributed by atoms with Crippen LogP contribution in [0.3, 0.4) is 0 Å². The van der Waals surface area contributed by atoms with E-state index in [0.29, 0.717) is 0 Å². The lowest BCUT2D eigenvalue weighted by Gasteiger charge is -2.09. The molecule has 16 heavy (non-hydrogen) atoms. The van der Waals surface area contributed by atoms with Crippen LogP contribution in [0.25, 0.3) is 0 Å². The number of aliphatic carboxylic acids is 1. The molecule has 92 valence electrons. The van der Waals surface area contributed by atoms with E-state index in [-0.39, 0.29) is 4.95 Å². The van der Waals surface area contributed by atoms with Crippen molar-refractivity contribution in [3.05, 3.63) is 16.6 Å². The third-order valence-corrected chi connectivity index (χ3v) is 2.76. The number of aromatic amines is 1. The zero-order valence-electron chi connectivity index (χ0n) is 7.75. The van der Waals surface area contributed by atoms with Crippen LogP contribution in [-0.4, -0.2) is 14.7 Å². The van der Waals surface area contributed by atoms with E-state index in [1.54, 1.807) is 11.3 Å². The van der Waals surface area contributed by atoms with Crippen molar-refractivity contribution < 1.29 is 14.9 Å². The minimum atomic E-state index is -2.28. The second kappa shape index (κ2) is 7.68. The second-order valence-corrected chi connectivity index (χ2v) is 6.95. The molecule has 0 fully saturated rings. The van der Waals surface area contributed by atoms with E-state index in [1.807, 2.05) is 11.6 Å². The van der Waals surface area contributed by atoms with Crippen LogP contribution in [0.1, 0.15) is 5.01 Å². The maximum absolute atomic E-state index is 9.51. The lowest BCUT2D eigenvalue weighted by Crippen LogP contribution is -2.35. The molecule has 0 saturated heterocycles. The maximum atomic E-state index is 9.51. The zero-order valence-corrected chi connectivity index (χ0v) is 12.4. The molecule has 0 saturated carbocycles. The number of hydrogen-bond donors (Lipinski definition) is 1. The molecule has 0 aliphatic carbocycles. The lowest BCUT2D eigenvalue weighted by atomic mass is 10.5. The van der Waals surface area contributed by atoms with E-state index >= 15 is 0 Å². The quantitative estimate of drug-likeness (QED) is 0.620. The second-order valence-electron chi connectivity index (χ2n) is 2.49. The molecule has 3 N–H and O–H groups in total. The van der Waals surface area contributed by atoms with Crippen LogP contribution >= 0.6 is 62.1 Å². The van der Waals surface area contributed by atoms with Crippen molar-refractivity contribution in [3.63, 3.8) is 0 Å². The molecule has 4 nitrogen and oxygen atoms in total. The molecule has 1 atom stereocenters. The van der Waals surface area contributed by atoms with Crippen LogP contribution in [-0.2, 0) is 11.2 Å². The summed E-state index contributed by atoms with van der Waals surface area (Å²) in [5.74, 6) is -1.71. The van der Waals surface area contributed by atoms with Crippen LogP contribution in [0, 0.1) is 0 Å². The van der Waals surface area contributed by atoms with Crippen molar-refractivity contribution in [2.45, 2.75) is 15.2 Å². The molecule has 0 bridgehead atoms. The fourth-order valence-electron chi connectivity index (χ4n) is 0.561. The van der Waals surface area contributed by atoms with E-state index in [9.17, 15) is 9.90 Å². The van der Waals surface area contributed by atoms with E-state index in [4.69, 9.17) is 40.5 Å². The van der Waals surface area contributed by atoms with Gasteiger partial charge in [0.15, 0.2) is 6.20 Å². The van der Waals surface area contributed by atoms with E-state index in [2.05, 4.69) is 20.9 Å². The first kappa shape index (κ1) is 16.4. The van der Waals surface area contributed by atoms with Gasteiger partial charge in [0.25, 0.3) is 0 Å². The summed E-state index contributed by atoms with van der Waals surface area (Å²) in [5.41, 5.74) is 5.49. The van der Waals surface area contributed by atoms with Crippen molar-refractivity contribution in [2.75, 3.05) is 0 Å². The molecule has 0 aromatic carbocycles. The van der Waals surface area contributed by atoms with Gasteiger partial charge in [0, 0.05) is 0 Å². The molecule has 1 unspecified atom stereocenters. The number of alkyl halides is 4. The Hall–Kier alpha value is 0.410. The summed E-state index contributed by atoms with van der Waals surface area (Å²) in [6.07, 6.45) is 2.78. The van der Waals surface area contributed by atoms with Gasteiger partial charge in [-0.25, -0.2) is 4.98 Å². The zero-order chi connectivity index (χ0) is 12.8. The minimum Gasteiger partial charge on any atom is -0.545 e. The SMILES string of the molecule is NC(Br)Cc1[nH+]ccs1.O=C([O-])C(Cl)(Cl)Cl. The molecular weight excluding hydrogens is 362 g/mol. The minimum absolute atomic E-state index is 0.0763. The Balaban J connectivity index is 0.000000293. The Morgan fingerprint density at radius 1 is 1.69 bits per heavy atom. The molecule has 1 heterocycles. The van der Waals surface area contributed by atoms with Gasteiger partial charge in [-0.15, -0.1) is 0 Å². The molecular formula is C7H8BrCl3N2O2S. The van der Waals surface area contributed by atoms with Crippen molar-refractivity contribution in [2.24, 2.45) is 5.73 Å². The van der Waals surface area contributed by atoms with Crippen molar-refractivity contribution >= 4 is 68.0 Å². The van der Waals surface area contributed by atoms with Crippen LogP contribution in [0.5, 0.6) is 0 Å². The van der Waals surface area contributed by atoms with Crippen molar-refractivity contribution in [1.82, 2.24) is 0 Å². The van der Waals surface area contributed by atoms with Gasteiger partial charge < -0.3 is 15.6 Å². The summed E-state index contributed by atoms with van der Waals surface area (Å²) in [6.45, 7) is 0. The van der Waals surface area contributed by atoms with Gasteiger partial charge in [0.2, 0.25) is 8.80 Å². The van der Waals surface area contributed by atoms with Gasteiger partial charge in [0.05, 0.1) is 22.7 Å². The average Bonchev–Trinajstić information content (AvgIpc) is 2.54. The van der Waals surface area contributed by atoms with Gasteiger partial charge in [-0.3, -0.25) is 0 Å². The fourth-order valence-corrected chi connectivity index (χ4v) is 1.81. The number of carbonyl (C=O) groups excluding carboxylic acids is 1. The topological polar surface area (TPSA) is 80.3 Å². The Bertz CT molecular complexity index is 316. The molecule has 0 aliphatic rings. The third kappa shape index (κ3) is 8.55. The first-order valence-electron chi connectivity index (χ1n) is 3.85. The van der Waals surface area contributed by atoms with Crippen molar-refractivity contribution in [3.8, 4) is 0 Å². The van der Waals surface area contributed by atoms with Crippen LogP contribution in [0.2, 0.25) is 0 Å². The highest BCUT2D eigenvalue weighted by atomic mass is 79.9. The highest BCUT2D eigenvalue weighted by molar-refractivity contribution is 9.09. The normalized spacial score (nSPS) is 12.6. The number of H-pyrrole nitrogens is 1. The largest absolute Gasteiger partial charge is 0.545 e. The highest BCUT2D eigenvalue weighted by Gasteiger charge is 2.20. The molecule has 1 aromatic heterocycles. The Morgan fingerprint density at radius 3 is 2.44 bits per heavy atom. The number of hydrogen-bond acceptors (Lipinski definition) is 4. The summed E-state index contributed by atoms with van der Waals surface area (Å²) < 4.78 is -2.28. The predicted octanol–water partition coefficient (Wildman–Crippen LogP) is 0.891. The highest BCUT2D eigenvalue weighted by Crippen LogP contribution is 2.24.